The summed E-state index contributed by atoms with van der Waals surface area (Å²) >= 11 is 0.981. The van der Waals surface area contributed by atoms with Gasteiger partial charge in [-0.25, -0.2) is 0 Å². The summed E-state index contributed by atoms with van der Waals surface area (Å²) in [4.78, 5) is 10.5. The zero-order chi connectivity index (χ0) is 13.8. The Morgan fingerprint density at radius 1 is 1.47 bits per heavy atom. The highest BCUT2D eigenvalue weighted by Crippen LogP contribution is 2.31. The second kappa shape index (κ2) is 5.75. The van der Waals surface area contributed by atoms with E-state index < -0.39 is 5.97 Å². The van der Waals surface area contributed by atoms with Crippen LogP contribution in [0.4, 0.5) is 0 Å². The fraction of sp³-hybridized carbons (Fsp3) is 0.250. The third-order valence-corrected chi connectivity index (χ3v) is 3.11. The first-order valence-corrected chi connectivity index (χ1v) is 6.42. The third kappa shape index (κ3) is 3.25. The van der Waals surface area contributed by atoms with E-state index in [2.05, 4.69) is 10.2 Å². The lowest BCUT2D eigenvalue weighted by molar-refractivity contribution is -0.133. The fourth-order valence-electron chi connectivity index (χ4n) is 1.49. The highest BCUT2D eigenvalue weighted by Gasteiger charge is 2.14. The second-order valence-corrected chi connectivity index (χ2v) is 4.69. The van der Waals surface area contributed by atoms with E-state index >= 15 is 0 Å². The number of hydrogen-bond acceptors (Lipinski definition) is 6. The number of carboxylic acid groups (broad SMARTS) is 1. The summed E-state index contributed by atoms with van der Waals surface area (Å²) in [5.41, 5.74) is 1.73. The molecule has 1 N–H and O–H groups in total. The van der Waals surface area contributed by atoms with Crippen LogP contribution < -0.4 is 4.74 Å². The number of thioether (sulfide) groups is 1. The number of aryl methyl sites for hydroxylation is 1. The molecule has 1 aromatic heterocycles. The molecule has 0 amide bonds. The van der Waals surface area contributed by atoms with E-state index in [0.29, 0.717) is 17.2 Å². The Bertz CT molecular complexity index is 597. The van der Waals surface area contributed by atoms with Crippen molar-refractivity contribution in [3.63, 3.8) is 0 Å². The van der Waals surface area contributed by atoms with Gasteiger partial charge < -0.3 is 14.3 Å². The van der Waals surface area contributed by atoms with Crippen molar-refractivity contribution >= 4 is 17.7 Å². The van der Waals surface area contributed by atoms with Crippen LogP contribution in [0.15, 0.2) is 27.8 Å². The minimum atomic E-state index is -0.933. The van der Waals surface area contributed by atoms with Crippen molar-refractivity contribution in [2.45, 2.75) is 12.1 Å². The first-order valence-electron chi connectivity index (χ1n) is 5.43. The Hall–Kier alpha value is -2.02. The molecule has 0 unspecified atom stereocenters. The topological polar surface area (TPSA) is 85.5 Å². The number of aliphatic carboxylic acids is 1. The van der Waals surface area contributed by atoms with E-state index in [1.807, 2.05) is 25.1 Å². The standard InChI is InChI=1S/C12H12N2O4S/c1-7-3-4-9(17-2)8(5-7)11-13-14-12(18-11)19-6-10(15)16/h3-5H,6H2,1-2H3,(H,15,16). The maximum atomic E-state index is 10.5. The first-order chi connectivity index (χ1) is 9.10. The van der Waals surface area contributed by atoms with Crippen LogP contribution in [-0.4, -0.2) is 34.1 Å². The summed E-state index contributed by atoms with van der Waals surface area (Å²) in [6.45, 7) is 1.94. The van der Waals surface area contributed by atoms with Crippen molar-refractivity contribution in [3.05, 3.63) is 23.8 Å². The van der Waals surface area contributed by atoms with E-state index in [4.69, 9.17) is 14.3 Å². The predicted octanol–water partition coefficient (Wildman–Crippen LogP) is 2.23. The molecule has 19 heavy (non-hydrogen) atoms. The number of nitrogens with zero attached hydrogens (tertiary/aromatic N) is 2. The zero-order valence-corrected chi connectivity index (χ0v) is 11.2. The van der Waals surface area contributed by atoms with E-state index in [1.54, 1.807) is 7.11 Å². The predicted molar refractivity (Wildman–Crippen MR) is 69.4 cm³/mol. The minimum absolute atomic E-state index is 0.118. The summed E-state index contributed by atoms with van der Waals surface area (Å²) in [6, 6.07) is 5.61. The molecule has 1 heterocycles. The van der Waals surface area contributed by atoms with Crippen LogP contribution in [0.5, 0.6) is 5.75 Å². The number of carboxylic acids is 1. The van der Waals surface area contributed by atoms with Gasteiger partial charge in [0.2, 0.25) is 0 Å². The Labute approximate surface area is 113 Å². The Balaban J connectivity index is 2.27. The van der Waals surface area contributed by atoms with Crippen LogP contribution >= 0.6 is 11.8 Å². The molecule has 0 atom stereocenters. The Kier molecular flexibility index (Phi) is 4.06. The van der Waals surface area contributed by atoms with Gasteiger partial charge in [0.05, 0.1) is 12.7 Å². The lowest BCUT2D eigenvalue weighted by atomic mass is 10.1. The molecule has 2 rings (SSSR count). The zero-order valence-electron chi connectivity index (χ0n) is 10.4. The third-order valence-electron chi connectivity index (χ3n) is 2.31. The van der Waals surface area contributed by atoms with Gasteiger partial charge in [0.25, 0.3) is 11.1 Å². The largest absolute Gasteiger partial charge is 0.496 e. The van der Waals surface area contributed by atoms with Crippen molar-refractivity contribution in [1.82, 2.24) is 10.2 Å². The number of carbonyl (C=O) groups is 1. The maximum Gasteiger partial charge on any atom is 0.314 e. The molecule has 0 aliphatic heterocycles. The van der Waals surface area contributed by atoms with Gasteiger partial charge in [0.15, 0.2) is 0 Å². The lowest BCUT2D eigenvalue weighted by Crippen LogP contribution is -1.97. The second-order valence-electron chi connectivity index (χ2n) is 3.76. The number of methoxy groups -OCH3 is 1. The molecule has 0 bridgehead atoms. The van der Waals surface area contributed by atoms with Crippen LogP contribution in [0.3, 0.4) is 0 Å². The van der Waals surface area contributed by atoms with Crippen LogP contribution in [0.25, 0.3) is 11.5 Å². The molecule has 2 aromatic rings. The average Bonchev–Trinajstić information content (AvgIpc) is 2.85. The van der Waals surface area contributed by atoms with E-state index in [1.165, 1.54) is 0 Å². The lowest BCUT2D eigenvalue weighted by Gasteiger charge is -2.05. The van der Waals surface area contributed by atoms with Gasteiger partial charge in [-0.3, -0.25) is 4.79 Å². The van der Waals surface area contributed by atoms with Crippen molar-refractivity contribution in [2.75, 3.05) is 12.9 Å². The van der Waals surface area contributed by atoms with E-state index in [0.717, 1.165) is 17.3 Å². The van der Waals surface area contributed by atoms with Gasteiger partial charge in [-0.2, -0.15) is 0 Å². The smallest absolute Gasteiger partial charge is 0.314 e. The summed E-state index contributed by atoms with van der Waals surface area (Å²) < 4.78 is 10.6. The van der Waals surface area contributed by atoms with Crippen LogP contribution in [-0.2, 0) is 4.79 Å². The van der Waals surface area contributed by atoms with Crippen LogP contribution in [0.2, 0.25) is 0 Å². The monoisotopic (exact) mass is 280 g/mol. The van der Waals surface area contributed by atoms with Gasteiger partial charge in [-0.1, -0.05) is 23.4 Å². The van der Waals surface area contributed by atoms with Gasteiger partial charge in [0, 0.05) is 0 Å². The van der Waals surface area contributed by atoms with Crippen molar-refractivity contribution in [3.8, 4) is 17.2 Å². The van der Waals surface area contributed by atoms with Gasteiger partial charge in [-0.15, -0.1) is 10.2 Å². The summed E-state index contributed by atoms with van der Waals surface area (Å²) in [5.74, 6) is -0.109. The summed E-state index contributed by atoms with van der Waals surface area (Å²) in [5, 5.41) is 16.5. The normalized spacial score (nSPS) is 10.4. The van der Waals surface area contributed by atoms with Crippen molar-refractivity contribution in [1.29, 1.82) is 0 Å². The molecular weight excluding hydrogens is 268 g/mol. The fourth-order valence-corrected chi connectivity index (χ4v) is 1.97. The molecule has 0 aliphatic rings. The van der Waals surface area contributed by atoms with Gasteiger partial charge >= 0.3 is 5.97 Å². The molecular formula is C12H12N2O4S. The number of aromatic nitrogens is 2. The number of rotatable bonds is 5. The highest BCUT2D eigenvalue weighted by molar-refractivity contribution is 7.99. The van der Waals surface area contributed by atoms with Crippen LogP contribution in [0.1, 0.15) is 5.56 Å². The number of ether oxygens (including phenoxy) is 1. The van der Waals surface area contributed by atoms with E-state index in [9.17, 15) is 4.79 Å². The molecule has 0 aliphatic carbocycles. The molecule has 7 heteroatoms. The highest BCUT2D eigenvalue weighted by atomic mass is 32.2. The molecule has 6 nitrogen and oxygen atoms in total. The maximum absolute atomic E-state index is 10.5. The SMILES string of the molecule is COc1ccc(C)cc1-c1nnc(SCC(=O)O)o1. The Morgan fingerprint density at radius 3 is 2.95 bits per heavy atom. The molecule has 0 radical (unpaired) electrons. The van der Waals surface area contributed by atoms with Crippen LogP contribution in [0, 0.1) is 6.92 Å². The molecule has 0 spiro atoms. The number of hydrogen-bond donors (Lipinski definition) is 1. The summed E-state index contributed by atoms with van der Waals surface area (Å²) in [6.07, 6.45) is 0. The van der Waals surface area contributed by atoms with Crippen molar-refractivity contribution < 1.29 is 19.1 Å². The van der Waals surface area contributed by atoms with Gasteiger partial charge in [0.1, 0.15) is 11.5 Å². The first kappa shape index (κ1) is 13.4. The van der Waals surface area contributed by atoms with Crippen molar-refractivity contribution in [2.24, 2.45) is 0 Å². The Morgan fingerprint density at radius 2 is 2.26 bits per heavy atom. The quantitative estimate of drug-likeness (QED) is 0.840. The molecule has 0 saturated carbocycles. The molecule has 0 saturated heterocycles. The average molecular weight is 280 g/mol. The molecule has 1 aromatic carbocycles. The molecule has 100 valence electrons. The van der Waals surface area contributed by atoms with Gasteiger partial charge in [-0.05, 0) is 19.1 Å². The summed E-state index contributed by atoms with van der Waals surface area (Å²) in [7, 11) is 1.56. The van der Waals surface area contributed by atoms with E-state index in [-0.39, 0.29) is 11.0 Å². The number of benzene rings is 1. The minimum Gasteiger partial charge on any atom is -0.496 e. The molecule has 0 fully saturated rings.